The molecule has 246 valence electrons. The molecule has 0 radical (unpaired) electrons. The Labute approximate surface area is 273 Å². The Kier molecular flexibility index (Phi) is 10.4. The third-order valence-corrected chi connectivity index (χ3v) is 7.89. The van der Waals surface area contributed by atoms with Crippen LogP contribution in [0, 0.1) is 0 Å². The molecule has 4 aromatic rings. The minimum absolute atomic E-state index is 0.0553. The molecule has 2 heterocycles. The van der Waals surface area contributed by atoms with Gasteiger partial charge in [0.05, 0.1) is 27.0 Å². The van der Waals surface area contributed by atoms with E-state index in [4.69, 9.17) is 29.7 Å². The Morgan fingerprint density at radius 1 is 0.894 bits per heavy atom. The largest absolute Gasteiger partial charge is 0.497 e. The highest BCUT2D eigenvalue weighted by Gasteiger charge is 2.43. The Balaban J connectivity index is 1.63. The van der Waals surface area contributed by atoms with Crippen molar-refractivity contribution in [2.75, 3.05) is 42.9 Å². The zero-order valence-corrected chi connectivity index (χ0v) is 26.7. The number of aromatic nitrogens is 2. The number of nitrogens with two attached hydrogens (primary N) is 1. The Morgan fingerprint density at radius 2 is 1.49 bits per heavy atom. The summed E-state index contributed by atoms with van der Waals surface area (Å²) in [4.78, 5) is 44.9. The first-order valence-electron chi connectivity index (χ1n) is 15.5. The van der Waals surface area contributed by atoms with E-state index in [-0.39, 0.29) is 56.1 Å². The molecule has 3 aromatic carbocycles. The number of nitrogens with one attached hydrogen (secondary N) is 1. The fourth-order valence-corrected chi connectivity index (χ4v) is 5.62. The van der Waals surface area contributed by atoms with E-state index in [2.05, 4.69) is 5.32 Å². The van der Waals surface area contributed by atoms with E-state index in [1.54, 1.807) is 21.0 Å². The number of methoxy groups -OCH3 is 1. The molecular formula is C35H39N5O7. The van der Waals surface area contributed by atoms with Crippen LogP contribution in [-0.2, 0) is 29.3 Å². The fraction of sp³-hybridized carbons (Fsp3) is 0.314. The summed E-state index contributed by atoms with van der Waals surface area (Å²) >= 11 is 0. The molecule has 47 heavy (non-hydrogen) atoms. The van der Waals surface area contributed by atoms with E-state index in [9.17, 15) is 14.4 Å². The molecular weight excluding hydrogens is 602 g/mol. The third kappa shape index (κ3) is 6.63. The molecule has 0 saturated heterocycles. The highest BCUT2D eigenvalue weighted by Crippen LogP contribution is 2.43. The molecule has 0 fully saturated rings. The highest BCUT2D eigenvalue weighted by atomic mass is 16.7. The van der Waals surface area contributed by atoms with E-state index < -0.39 is 23.5 Å². The molecule has 0 bridgehead atoms. The molecule has 1 atom stereocenters. The minimum atomic E-state index is -1.24. The van der Waals surface area contributed by atoms with Gasteiger partial charge < -0.3 is 30.0 Å². The van der Waals surface area contributed by atoms with Crippen molar-refractivity contribution in [3.8, 4) is 5.75 Å². The molecule has 12 heteroatoms. The second-order valence-corrected chi connectivity index (χ2v) is 10.7. The molecule has 5 rings (SSSR count). The van der Waals surface area contributed by atoms with Crippen LogP contribution in [-0.4, -0.2) is 54.9 Å². The van der Waals surface area contributed by atoms with Crippen LogP contribution in [0.1, 0.15) is 49.8 Å². The van der Waals surface area contributed by atoms with Gasteiger partial charge in [-0.15, -0.1) is 0 Å². The van der Waals surface area contributed by atoms with Gasteiger partial charge >= 0.3 is 11.9 Å². The van der Waals surface area contributed by atoms with Crippen molar-refractivity contribution < 1.29 is 28.5 Å². The summed E-state index contributed by atoms with van der Waals surface area (Å²) in [5, 5.41) is 3.14. The first-order valence-corrected chi connectivity index (χ1v) is 15.5. The summed E-state index contributed by atoms with van der Waals surface area (Å²) in [5.41, 5.74) is 7.60. The fourth-order valence-electron chi connectivity index (χ4n) is 5.62. The van der Waals surface area contributed by atoms with Gasteiger partial charge in [-0.3, -0.25) is 23.9 Å². The molecule has 0 aliphatic carbocycles. The number of carbonyl (C=O) groups is 2. The van der Waals surface area contributed by atoms with Crippen molar-refractivity contribution in [3.63, 3.8) is 0 Å². The summed E-state index contributed by atoms with van der Waals surface area (Å²) in [6, 6.07) is 26.7. The van der Waals surface area contributed by atoms with Crippen LogP contribution in [0.2, 0.25) is 0 Å². The van der Waals surface area contributed by atoms with Gasteiger partial charge in [-0.2, -0.15) is 4.98 Å². The van der Waals surface area contributed by atoms with E-state index in [1.165, 1.54) is 9.47 Å². The number of esters is 2. The van der Waals surface area contributed by atoms with Gasteiger partial charge in [-0.05, 0) is 28.8 Å². The summed E-state index contributed by atoms with van der Waals surface area (Å²) < 4.78 is 23.6. The first-order chi connectivity index (χ1) is 22.8. The Morgan fingerprint density at radius 3 is 2.06 bits per heavy atom. The summed E-state index contributed by atoms with van der Waals surface area (Å²) in [6.07, 6.45) is -0.463. The number of anilines is 3. The lowest BCUT2D eigenvalue weighted by atomic mass is 9.76. The number of nitrogen functional groups attached to an aromatic ring is 1. The molecule has 1 aliphatic heterocycles. The maximum atomic E-state index is 14.7. The average Bonchev–Trinajstić information content (AvgIpc) is 3.53. The van der Waals surface area contributed by atoms with E-state index in [1.807, 2.05) is 84.9 Å². The van der Waals surface area contributed by atoms with Gasteiger partial charge in [0.25, 0.3) is 12.0 Å². The first kappa shape index (κ1) is 33.0. The molecule has 3 N–H and O–H groups in total. The summed E-state index contributed by atoms with van der Waals surface area (Å²) in [7, 11) is 1.59. The molecule has 1 aliphatic rings. The number of hydrogen-bond acceptors (Lipinski definition) is 11. The second-order valence-electron chi connectivity index (χ2n) is 10.7. The number of rotatable bonds is 14. The lowest BCUT2D eigenvalue weighted by Crippen LogP contribution is -2.46. The number of hydrogen-bond donors (Lipinski definition) is 2. The SMILES string of the molecule is CCC(=O)OCCCOC(OC(=O)CC)N1CNc2c1nc(N)n(C(c1ccccc1)(c1ccccc1)c1ccc(OC)cc1)c2=O. The molecule has 0 spiro atoms. The normalized spacial score (nSPS) is 13.0. The predicted octanol–water partition coefficient (Wildman–Crippen LogP) is 4.46. The molecule has 0 saturated carbocycles. The topological polar surface area (TPSA) is 147 Å². The van der Waals surface area contributed by atoms with Gasteiger partial charge in [0, 0.05) is 19.3 Å². The van der Waals surface area contributed by atoms with Crippen molar-refractivity contribution in [3.05, 3.63) is 112 Å². The van der Waals surface area contributed by atoms with Crippen LogP contribution in [0.4, 0.5) is 17.5 Å². The lowest BCUT2D eigenvalue weighted by molar-refractivity contribution is -0.178. The predicted molar refractivity (Wildman–Crippen MR) is 177 cm³/mol. The molecule has 0 amide bonds. The van der Waals surface area contributed by atoms with Gasteiger partial charge in [-0.25, -0.2) is 0 Å². The maximum absolute atomic E-state index is 14.7. The number of ether oxygens (including phenoxy) is 4. The number of carbonyl (C=O) groups excluding carboxylic acids is 2. The average molecular weight is 642 g/mol. The van der Waals surface area contributed by atoms with Crippen LogP contribution in [0.3, 0.4) is 0 Å². The molecule has 1 aromatic heterocycles. The van der Waals surface area contributed by atoms with Crippen LogP contribution < -0.4 is 26.2 Å². The third-order valence-electron chi connectivity index (χ3n) is 7.89. The van der Waals surface area contributed by atoms with Crippen LogP contribution in [0.15, 0.2) is 89.7 Å². The standard InChI is InChI=1S/C35H39N5O7/c1-4-28(41)45-21-12-22-46-34(47-29(42)5-2)39-23-37-30-31(39)38-33(36)40(32(30)43)35(24-13-8-6-9-14-24,25-15-10-7-11-16-25)26-17-19-27(44-3)20-18-26/h6-11,13-20,34,37H,4-5,12,21-23H2,1-3H3,(H2,36,38). The molecule has 12 nitrogen and oxygen atoms in total. The highest BCUT2D eigenvalue weighted by molar-refractivity contribution is 5.74. The van der Waals surface area contributed by atoms with Gasteiger partial charge in [0.1, 0.15) is 17.0 Å². The monoisotopic (exact) mass is 641 g/mol. The zero-order chi connectivity index (χ0) is 33.4. The minimum Gasteiger partial charge on any atom is -0.497 e. The quantitative estimate of drug-likeness (QED) is 0.0871. The number of nitrogens with zero attached hydrogens (tertiary/aromatic N) is 3. The zero-order valence-electron chi connectivity index (χ0n) is 26.7. The van der Waals surface area contributed by atoms with Crippen molar-refractivity contribution in [2.45, 2.75) is 45.1 Å². The van der Waals surface area contributed by atoms with E-state index in [0.29, 0.717) is 12.2 Å². The Bertz CT molecular complexity index is 1690. The molecule has 1 unspecified atom stereocenters. The maximum Gasteiger partial charge on any atom is 0.309 e. The smallest absolute Gasteiger partial charge is 0.309 e. The summed E-state index contributed by atoms with van der Waals surface area (Å²) in [6.45, 7) is 3.70. The number of fused-ring (bicyclic) bond motifs is 1. The van der Waals surface area contributed by atoms with Crippen molar-refractivity contribution in [1.82, 2.24) is 9.55 Å². The van der Waals surface area contributed by atoms with Crippen LogP contribution in [0.5, 0.6) is 5.75 Å². The van der Waals surface area contributed by atoms with Crippen LogP contribution in [0.25, 0.3) is 0 Å². The lowest BCUT2D eigenvalue weighted by Gasteiger charge is -2.38. The number of benzene rings is 3. The summed E-state index contributed by atoms with van der Waals surface area (Å²) in [5.74, 6) is -0.0549. The van der Waals surface area contributed by atoms with Gasteiger partial charge in [0.2, 0.25) is 5.95 Å². The van der Waals surface area contributed by atoms with Gasteiger partial charge in [0.15, 0.2) is 5.82 Å². The van der Waals surface area contributed by atoms with Crippen molar-refractivity contribution >= 4 is 29.4 Å². The van der Waals surface area contributed by atoms with Crippen molar-refractivity contribution in [1.29, 1.82) is 0 Å². The van der Waals surface area contributed by atoms with E-state index >= 15 is 0 Å². The van der Waals surface area contributed by atoms with Gasteiger partial charge in [-0.1, -0.05) is 86.6 Å². The Hall–Kier alpha value is -5.36. The van der Waals surface area contributed by atoms with Crippen molar-refractivity contribution in [2.24, 2.45) is 0 Å². The van der Waals surface area contributed by atoms with E-state index in [0.717, 1.165) is 16.7 Å². The second kappa shape index (κ2) is 14.8. The van der Waals surface area contributed by atoms with Crippen LogP contribution >= 0.6 is 0 Å².